The van der Waals surface area contributed by atoms with Crippen LogP contribution in [0.1, 0.15) is 29.8 Å². The average molecular weight is 317 g/mol. The fourth-order valence-electron chi connectivity index (χ4n) is 1.41. The average Bonchev–Trinajstić information content (AvgIpc) is 2.42. The molecule has 9 heteroatoms. The van der Waals surface area contributed by atoms with Crippen molar-refractivity contribution in [1.82, 2.24) is 16.2 Å². The van der Waals surface area contributed by atoms with Crippen molar-refractivity contribution in [3.8, 4) is 0 Å². The van der Waals surface area contributed by atoms with Gasteiger partial charge in [-0.3, -0.25) is 25.2 Å². The van der Waals surface area contributed by atoms with Crippen molar-refractivity contribution >= 4 is 17.7 Å². The Morgan fingerprint density at radius 3 is 2.23 bits per heavy atom. The molecule has 3 amide bonds. The summed E-state index contributed by atoms with van der Waals surface area (Å²) in [6.45, 7) is 3.26. The maximum absolute atomic E-state index is 12.5. The molecular formula is C13H14F3N3O3. The summed E-state index contributed by atoms with van der Waals surface area (Å²) in [5.74, 6) is -3.08. The van der Waals surface area contributed by atoms with Crippen molar-refractivity contribution in [2.45, 2.75) is 26.1 Å². The summed E-state index contributed by atoms with van der Waals surface area (Å²) in [5.41, 5.74) is 2.37. The minimum atomic E-state index is -4.59. The van der Waals surface area contributed by atoms with Crippen molar-refractivity contribution in [1.29, 1.82) is 0 Å². The van der Waals surface area contributed by atoms with Crippen molar-refractivity contribution in [2.24, 2.45) is 0 Å². The zero-order valence-corrected chi connectivity index (χ0v) is 11.7. The van der Waals surface area contributed by atoms with E-state index in [2.05, 4.69) is 5.32 Å². The number of hydrogen-bond acceptors (Lipinski definition) is 3. The van der Waals surface area contributed by atoms with Crippen LogP contribution in [0.15, 0.2) is 24.3 Å². The van der Waals surface area contributed by atoms with Gasteiger partial charge in [-0.25, -0.2) is 0 Å². The Balaban J connectivity index is 2.67. The molecule has 0 fully saturated rings. The molecule has 0 saturated heterocycles. The molecule has 3 N–H and O–H groups in total. The van der Waals surface area contributed by atoms with Gasteiger partial charge in [0.1, 0.15) is 0 Å². The SMILES string of the molecule is CC(C)NC(=O)C(=O)NNC(=O)c1cccc(C(F)(F)F)c1. The summed E-state index contributed by atoms with van der Waals surface area (Å²) >= 11 is 0. The largest absolute Gasteiger partial charge is 0.416 e. The molecule has 120 valence electrons. The van der Waals surface area contributed by atoms with Gasteiger partial charge >= 0.3 is 18.0 Å². The second-order valence-corrected chi connectivity index (χ2v) is 4.61. The van der Waals surface area contributed by atoms with Crippen molar-refractivity contribution in [3.05, 3.63) is 35.4 Å². The van der Waals surface area contributed by atoms with Gasteiger partial charge in [-0.1, -0.05) is 6.07 Å². The Bertz CT molecular complexity index is 585. The van der Waals surface area contributed by atoms with E-state index < -0.39 is 29.5 Å². The first kappa shape index (κ1) is 17.5. The van der Waals surface area contributed by atoms with Crippen LogP contribution >= 0.6 is 0 Å². The number of benzene rings is 1. The summed E-state index contributed by atoms with van der Waals surface area (Å²) in [6, 6.07) is 3.37. The molecule has 0 aliphatic heterocycles. The number of hydrogen-bond donors (Lipinski definition) is 3. The lowest BCUT2D eigenvalue weighted by atomic mass is 10.1. The molecule has 0 heterocycles. The van der Waals surface area contributed by atoms with Gasteiger partial charge in [0.25, 0.3) is 5.91 Å². The number of nitrogens with one attached hydrogen (secondary N) is 3. The molecule has 0 saturated carbocycles. The first-order chi connectivity index (χ1) is 10.1. The number of halogens is 3. The molecule has 0 atom stereocenters. The molecule has 6 nitrogen and oxygen atoms in total. The van der Waals surface area contributed by atoms with E-state index in [1.54, 1.807) is 13.8 Å². The molecule has 0 radical (unpaired) electrons. The van der Waals surface area contributed by atoms with E-state index in [1.807, 2.05) is 10.9 Å². The predicted octanol–water partition coefficient (Wildman–Crippen LogP) is 0.991. The monoisotopic (exact) mass is 317 g/mol. The van der Waals surface area contributed by atoms with E-state index in [4.69, 9.17) is 0 Å². The van der Waals surface area contributed by atoms with Crippen LogP contribution in [0.25, 0.3) is 0 Å². The summed E-state index contributed by atoms with van der Waals surface area (Å²) in [5, 5.41) is 2.28. The summed E-state index contributed by atoms with van der Waals surface area (Å²) in [4.78, 5) is 34.2. The Morgan fingerprint density at radius 2 is 1.68 bits per heavy atom. The third-order valence-electron chi connectivity index (χ3n) is 2.37. The Kier molecular flexibility index (Phi) is 5.50. The van der Waals surface area contributed by atoms with Gasteiger partial charge in [0.05, 0.1) is 5.56 Å². The first-order valence-corrected chi connectivity index (χ1v) is 6.19. The lowest BCUT2D eigenvalue weighted by Gasteiger charge is -2.11. The minimum absolute atomic E-state index is 0.280. The summed E-state index contributed by atoms with van der Waals surface area (Å²) in [6.07, 6.45) is -4.59. The maximum Gasteiger partial charge on any atom is 0.416 e. The van der Waals surface area contributed by atoms with Crippen molar-refractivity contribution < 1.29 is 27.6 Å². The maximum atomic E-state index is 12.5. The van der Waals surface area contributed by atoms with E-state index in [0.29, 0.717) is 6.07 Å². The highest BCUT2D eigenvalue weighted by atomic mass is 19.4. The standard InChI is InChI=1S/C13H14F3N3O3/c1-7(2)17-11(21)12(22)19-18-10(20)8-4-3-5-9(6-8)13(14,15)16/h3-7H,1-2H3,(H,17,21)(H,18,20)(H,19,22). The fourth-order valence-corrected chi connectivity index (χ4v) is 1.41. The topological polar surface area (TPSA) is 87.3 Å². The Hall–Kier alpha value is -2.58. The lowest BCUT2D eigenvalue weighted by molar-refractivity contribution is -0.139. The second-order valence-electron chi connectivity index (χ2n) is 4.61. The number of amides is 3. The zero-order valence-electron chi connectivity index (χ0n) is 11.7. The van der Waals surface area contributed by atoms with Crippen LogP contribution in [0, 0.1) is 0 Å². The highest BCUT2D eigenvalue weighted by Gasteiger charge is 2.30. The Labute approximate surface area is 124 Å². The number of carbonyl (C=O) groups excluding carboxylic acids is 3. The number of rotatable bonds is 2. The molecule has 1 aromatic carbocycles. The number of hydrazine groups is 1. The van der Waals surface area contributed by atoms with Crippen LogP contribution in [0.4, 0.5) is 13.2 Å². The molecule has 0 aromatic heterocycles. The molecule has 0 aliphatic carbocycles. The molecule has 22 heavy (non-hydrogen) atoms. The number of alkyl halides is 3. The number of carbonyl (C=O) groups is 3. The van der Waals surface area contributed by atoms with Crippen LogP contribution < -0.4 is 16.2 Å². The second kappa shape index (κ2) is 6.92. The van der Waals surface area contributed by atoms with Crippen LogP contribution in [0.2, 0.25) is 0 Å². The highest BCUT2D eigenvalue weighted by molar-refractivity contribution is 6.35. The van der Waals surface area contributed by atoms with E-state index in [0.717, 1.165) is 18.2 Å². The van der Waals surface area contributed by atoms with Crippen molar-refractivity contribution in [3.63, 3.8) is 0 Å². The van der Waals surface area contributed by atoms with E-state index >= 15 is 0 Å². The normalized spacial score (nSPS) is 11.0. The van der Waals surface area contributed by atoms with Gasteiger partial charge in [-0.15, -0.1) is 0 Å². The fraction of sp³-hybridized carbons (Fsp3) is 0.308. The van der Waals surface area contributed by atoms with E-state index in [1.165, 1.54) is 0 Å². The third-order valence-corrected chi connectivity index (χ3v) is 2.37. The molecular weight excluding hydrogens is 303 g/mol. The summed E-state index contributed by atoms with van der Waals surface area (Å²) in [7, 11) is 0. The first-order valence-electron chi connectivity index (χ1n) is 6.19. The van der Waals surface area contributed by atoms with Crippen LogP contribution in [-0.2, 0) is 15.8 Å². The Morgan fingerprint density at radius 1 is 1.05 bits per heavy atom. The van der Waals surface area contributed by atoms with E-state index in [-0.39, 0.29) is 11.6 Å². The third kappa shape index (κ3) is 5.08. The molecule has 0 bridgehead atoms. The zero-order chi connectivity index (χ0) is 16.9. The van der Waals surface area contributed by atoms with Crippen LogP contribution in [0.3, 0.4) is 0 Å². The van der Waals surface area contributed by atoms with Crippen LogP contribution in [0.5, 0.6) is 0 Å². The minimum Gasteiger partial charge on any atom is -0.346 e. The van der Waals surface area contributed by atoms with Crippen molar-refractivity contribution in [2.75, 3.05) is 0 Å². The van der Waals surface area contributed by atoms with Gasteiger partial charge < -0.3 is 5.32 Å². The van der Waals surface area contributed by atoms with Crippen LogP contribution in [-0.4, -0.2) is 23.8 Å². The quantitative estimate of drug-likeness (QED) is 0.561. The molecule has 1 rings (SSSR count). The molecule has 0 aliphatic rings. The van der Waals surface area contributed by atoms with Gasteiger partial charge in [0, 0.05) is 11.6 Å². The molecule has 0 spiro atoms. The molecule has 1 aromatic rings. The predicted molar refractivity (Wildman–Crippen MR) is 70.3 cm³/mol. The smallest absolute Gasteiger partial charge is 0.346 e. The van der Waals surface area contributed by atoms with E-state index in [9.17, 15) is 27.6 Å². The summed E-state index contributed by atoms with van der Waals surface area (Å²) < 4.78 is 37.6. The highest BCUT2D eigenvalue weighted by Crippen LogP contribution is 2.29. The lowest BCUT2D eigenvalue weighted by Crippen LogP contribution is -2.49. The van der Waals surface area contributed by atoms with Gasteiger partial charge in [0.2, 0.25) is 0 Å². The molecule has 0 unspecified atom stereocenters. The van der Waals surface area contributed by atoms with Gasteiger partial charge in [-0.05, 0) is 32.0 Å². The van der Waals surface area contributed by atoms with Gasteiger partial charge in [-0.2, -0.15) is 13.2 Å². The van der Waals surface area contributed by atoms with Gasteiger partial charge in [0.15, 0.2) is 0 Å².